The van der Waals surface area contributed by atoms with Gasteiger partial charge in [0.25, 0.3) is 0 Å². The molecule has 0 atom stereocenters. The van der Waals surface area contributed by atoms with Crippen molar-refractivity contribution >= 4 is 18.8 Å². The van der Waals surface area contributed by atoms with E-state index in [1.165, 1.54) is 19.2 Å². The smallest absolute Gasteiger partial charge is 0.319 e. The van der Waals surface area contributed by atoms with Gasteiger partial charge in [-0.15, -0.1) is 0 Å². The van der Waals surface area contributed by atoms with Gasteiger partial charge in [0.15, 0.2) is 17.4 Å². The van der Waals surface area contributed by atoms with Crippen molar-refractivity contribution in [2.75, 3.05) is 39.8 Å². The van der Waals surface area contributed by atoms with Gasteiger partial charge in [-0.25, -0.2) is 8.78 Å². The maximum absolute atomic E-state index is 14.5. The Morgan fingerprint density at radius 2 is 1.70 bits per heavy atom. The number of likely N-dealkylation sites (tertiary alicyclic amines) is 1. The molecule has 1 aromatic carbocycles. The summed E-state index contributed by atoms with van der Waals surface area (Å²) >= 11 is 4.31. The molecule has 0 aliphatic carbocycles. The number of nitrogens with zero attached hydrogens (tertiary/aromatic N) is 2. The molecular formula is C19H26F2N2O3S. The van der Waals surface area contributed by atoms with Crippen molar-refractivity contribution in [1.29, 1.82) is 0 Å². The summed E-state index contributed by atoms with van der Waals surface area (Å²) in [4.78, 5) is 13.3. The number of ether oxygens (including phenoxy) is 2. The van der Waals surface area contributed by atoms with Crippen LogP contribution in [-0.2, 0) is 9.53 Å². The molecule has 150 valence electrons. The van der Waals surface area contributed by atoms with Gasteiger partial charge in [0.2, 0.25) is 0 Å². The number of carbonyl (C=O) groups excluding carboxylic acids is 1. The van der Waals surface area contributed by atoms with Crippen molar-refractivity contribution < 1.29 is 23.0 Å². The Hall–Kier alpha value is -1.38. The maximum Gasteiger partial charge on any atom is 0.319 e. The first-order chi connectivity index (χ1) is 13.0. The zero-order valence-electron chi connectivity index (χ0n) is 15.5. The highest BCUT2D eigenvalue weighted by Gasteiger charge is 2.26. The van der Waals surface area contributed by atoms with Crippen LogP contribution in [0.3, 0.4) is 0 Å². The molecule has 2 fully saturated rings. The van der Waals surface area contributed by atoms with Gasteiger partial charge in [-0.2, -0.15) is 0 Å². The summed E-state index contributed by atoms with van der Waals surface area (Å²) in [6, 6.07) is 2.81. The third-order valence-electron chi connectivity index (χ3n) is 5.36. The lowest BCUT2D eigenvalue weighted by atomic mass is 9.90. The average molecular weight is 400 g/mol. The monoisotopic (exact) mass is 400 g/mol. The molecule has 0 radical (unpaired) electrons. The highest BCUT2D eigenvalue weighted by atomic mass is 32.1. The minimum absolute atomic E-state index is 0.146. The second kappa shape index (κ2) is 9.21. The third kappa shape index (κ3) is 5.33. The number of halogens is 2. The van der Waals surface area contributed by atoms with Crippen molar-refractivity contribution in [3.05, 3.63) is 29.3 Å². The Morgan fingerprint density at radius 3 is 2.26 bits per heavy atom. The Labute approximate surface area is 164 Å². The van der Waals surface area contributed by atoms with Crippen LogP contribution in [0.5, 0.6) is 5.75 Å². The average Bonchev–Trinajstić information content (AvgIpc) is 2.66. The number of methoxy groups -OCH3 is 1. The Balaban J connectivity index is 1.59. The second-order valence-corrected chi connectivity index (χ2v) is 7.78. The molecule has 8 heteroatoms. The molecule has 2 aliphatic rings. The summed E-state index contributed by atoms with van der Waals surface area (Å²) in [5, 5.41) is 0. The molecular weight excluding hydrogens is 374 g/mol. The summed E-state index contributed by atoms with van der Waals surface area (Å²) in [5.74, 6) is -1.72. The Kier molecular flexibility index (Phi) is 6.94. The van der Waals surface area contributed by atoms with Crippen LogP contribution >= 0.6 is 12.8 Å². The molecule has 2 heterocycles. The third-order valence-corrected chi connectivity index (χ3v) is 5.76. The number of esters is 1. The van der Waals surface area contributed by atoms with E-state index in [2.05, 4.69) is 17.6 Å². The quantitative estimate of drug-likeness (QED) is 0.608. The van der Waals surface area contributed by atoms with E-state index in [-0.39, 0.29) is 30.3 Å². The van der Waals surface area contributed by atoms with Crippen molar-refractivity contribution in [3.8, 4) is 5.75 Å². The van der Waals surface area contributed by atoms with Gasteiger partial charge in [0, 0.05) is 26.2 Å². The van der Waals surface area contributed by atoms with Crippen molar-refractivity contribution in [3.63, 3.8) is 0 Å². The van der Waals surface area contributed by atoms with Crippen LogP contribution in [0.2, 0.25) is 0 Å². The van der Waals surface area contributed by atoms with E-state index in [1.807, 2.05) is 9.21 Å². The minimum atomic E-state index is -0.643. The molecule has 0 saturated carbocycles. The predicted molar refractivity (Wildman–Crippen MR) is 101 cm³/mol. The number of hydrogen-bond acceptors (Lipinski definition) is 6. The first kappa shape index (κ1) is 20.4. The number of carbonyl (C=O) groups is 1. The fourth-order valence-corrected chi connectivity index (χ4v) is 3.96. The van der Waals surface area contributed by atoms with Crippen LogP contribution in [0.15, 0.2) is 12.1 Å². The standard InChI is InChI=1S/C19H26F2N2O3S/c1-25-18(24)12-22-6-4-15(5-7-22)26-19-16(20)10-14(11-17(19)21)13-2-8-23(27)9-3-13/h10-11,13,15,27H,2-9,12H2,1H3. The number of thiol groups is 1. The molecule has 2 saturated heterocycles. The maximum atomic E-state index is 14.5. The molecule has 27 heavy (non-hydrogen) atoms. The second-order valence-electron chi connectivity index (χ2n) is 7.21. The summed E-state index contributed by atoms with van der Waals surface area (Å²) in [6.45, 7) is 3.09. The summed E-state index contributed by atoms with van der Waals surface area (Å²) in [5.41, 5.74) is 0.687. The molecule has 5 nitrogen and oxygen atoms in total. The number of benzene rings is 1. The van der Waals surface area contributed by atoms with Gasteiger partial charge in [0.05, 0.1) is 13.7 Å². The first-order valence-corrected chi connectivity index (χ1v) is 9.75. The SMILES string of the molecule is COC(=O)CN1CCC(Oc2c(F)cc(C3CCN(S)CC3)cc2F)CC1. The highest BCUT2D eigenvalue weighted by Crippen LogP contribution is 2.34. The Morgan fingerprint density at radius 1 is 1.11 bits per heavy atom. The topological polar surface area (TPSA) is 42.0 Å². The molecule has 0 aromatic heterocycles. The summed E-state index contributed by atoms with van der Waals surface area (Å²) < 4.78 is 41.3. The number of piperidine rings is 2. The van der Waals surface area contributed by atoms with Crippen molar-refractivity contribution in [1.82, 2.24) is 9.21 Å². The zero-order chi connectivity index (χ0) is 19.4. The highest BCUT2D eigenvalue weighted by molar-refractivity contribution is 7.77. The predicted octanol–water partition coefficient (Wildman–Crippen LogP) is 3.01. The molecule has 3 rings (SSSR count). The lowest BCUT2D eigenvalue weighted by Gasteiger charge is -2.31. The normalized spacial score (nSPS) is 20.6. The van der Waals surface area contributed by atoms with E-state index < -0.39 is 11.6 Å². The molecule has 0 N–H and O–H groups in total. The van der Waals surface area contributed by atoms with Gasteiger partial charge in [-0.05, 0) is 49.3 Å². The van der Waals surface area contributed by atoms with E-state index in [0.29, 0.717) is 31.5 Å². The Bertz CT molecular complexity index is 637. The van der Waals surface area contributed by atoms with Crippen molar-refractivity contribution in [2.45, 2.75) is 37.7 Å². The van der Waals surface area contributed by atoms with Crippen LogP contribution in [0.25, 0.3) is 0 Å². The van der Waals surface area contributed by atoms with Crippen LogP contribution in [-0.4, -0.2) is 61.1 Å². The van der Waals surface area contributed by atoms with Gasteiger partial charge in [-0.3, -0.25) is 14.0 Å². The van der Waals surface area contributed by atoms with Crippen LogP contribution in [0.4, 0.5) is 8.78 Å². The van der Waals surface area contributed by atoms with Gasteiger partial charge >= 0.3 is 5.97 Å². The minimum Gasteiger partial charge on any atom is -0.484 e. The molecule has 1 aromatic rings. The van der Waals surface area contributed by atoms with Crippen LogP contribution < -0.4 is 4.74 Å². The van der Waals surface area contributed by atoms with Gasteiger partial charge in [0.1, 0.15) is 6.10 Å². The molecule has 0 bridgehead atoms. The van der Waals surface area contributed by atoms with Gasteiger partial charge < -0.3 is 9.47 Å². The molecule has 0 unspecified atom stereocenters. The number of hydrogen-bond donors (Lipinski definition) is 1. The first-order valence-electron chi connectivity index (χ1n) is 9.35. The van der Waals surface area contributed by atoms with Gasteiger partial charge in [-0.1, -0.05) is 12.8 Å². The zero-order valence-corrected chi connectivity index (χ0v) is 16.4. The van der Waals surface area contributed by atoms with Crippen molar-refractivity contribution in [2.24, 2.45) is 0 Å². The van der Waals surface area contributed by atoms with E-state index in [1.54, 1.807) is 0 Å². The van der Waals surface area contributed by atoms with E-state index in [4.69, 9.17) is 4.74 Å². The van der Waals surface area contributed by atoms with Crippen LogP contribution in [0.1, 0.15) is 37.2 Å². The fourth-order valence-electron chi connectivity index (χ4n) is 3.73. The van der Waals surface area contributed by atoms with E-state index >= 15 is 0 Å². The lowest BCUT2D eigenvalue weighted by Crippen LogP contribution is -2.41. The fraction of sp³-hybridized carbons (Fsp3) is 0.632. The molecule has 2 aliphatic heterocycles. The van der Waals surface area contributed by atoms with E-state index in [9.17, 15) is 13.6 Å². The largest absolute Gasteiger partial charge is 0.484 e. The summed E-state index contributed by atoms with van der Waals surface area (Å²) in [7, 11) is 1.36. The lowest BCUT2D eigenvalue weighted by molar-refractivity contribution is -0.142. The molecule has 0 amide bonds. The van der Waals surface area contributed by atoms with Crippen LogP contribution in [0, 0.1) is 11.6 Å². The molecule has 0 spiro atoms. The summed E-state index contributed by atoms with van der Waals surface area (Å²) in [6.07, 6.45) is 2.62. The van der Waals surface area contributed by atoms with E-state index in [0.717, 1.165) is 25.9 Å². The number of rotatable bonds is 5.